The standard InChI is InChI=1S/C12H9ClN2O3S/c1-7-8(13)3-2-4-9(7)14-12(16)10-5-6-11(19-10)15(17)18/h2-6H,1H3,(H,14,16). The lowest BCUT2D eigenvalue weighted by Gasteiger charge is -2.08. The number of thiophene rings is 1. The summed E-state index contributed by atoms with van der Waals surface area (Å²) in [6.07, 6.45) is 0. The van der Waals surface area contributed by atoms with Gasteiger partial charge in [-0.05, 0) is 30.7 Å². The molecule has 0 radical (unpaired) electrons. The van der Waals surface area contributed by atoms with E-state index in [1.54, 1.807) is 25.1 Å². The van der Waals surface area contributed by atoms with Crippen LogP contribution < -0.4 is 5.32 Å². The molecule has 19 heavy (non-hydrogen) atoms. The van der Waals surface area contributed by atoms with Crippen LogP contribution in [0.15, 0.2) is 30.3 Å². The predicted molar refractivity (Wildman–Crippen MR) is 75.1 cm³/mol. The van der Waals surface area contributed by atoms with Crippen molar-refractivity contribution in [1.82, 2.24) is 0 Å². The molecule has 1 N–H and O–H groups in total. The molecule has 0 bridgehead atoms. The average molecular weight is 297 g/mol. The van der Waals surface area contributed by atoms with Gasteiger partial charge in [0.2, 0.25) is 0 Å². The Hall–Kier alpha value is -1.92. The zero-order valence-corrected chi connectivity index (χ0v) is 11.4. The Balaban J connectivity index is 2.21. The minimum Gasteiger partial charge on any atom is -0.321 e. The van der Waals surface area contributed by atoms with Gasteiger partial charge in [0.1, 0.15) is 0 Å². The highest BCUT2D eigenvalue weighted by molar-refractivity contribution is 7.17. The highest BCUT2D eigenvalue weighted by atomic mass is 35.5. The number of hydrogen-bond acceptors (Lipinski definition) is 4. The molecule has 0 fully saturated rings. The number of nitro groups is 1. The first kappa shape index (κ1) is 13.5. The van der Waals surface area contributed by atoms with Crippen LogP contribution in [-0.2, 0) is 0 Å². The first-order chi connectivity index (χ1) is 8.99. The summed E-state index contributed by atoms with van der Waals surface area (Å²) in [5.41, 5.74) is 1.34. The molecule has 0 atom stereocenters. The van der Waals surface area contributed by atoms with Gasteiger partial charge in [-0.2, -0.15) is 0 Å². The van der Waals surface area contributed by atoms with E-state index >= 15 is 0 Å². The van der Waals surface area contributed by atoms with Crippen molar-refractivity contribution >= 4 is 39.5 Å². The fourth-order valence-corrected chi connectivity index (χ4v) is 2.36. The van der Waals surface area contributed by atoms with E-state index in [4.69, 9.17) is 11.6 Å². The lowest BCUT2D eigenvalue weighted by atomic mass is 10.2. The molecule has 98 valence electrons. The van der Waals surface area contributed by atoms with Gasteiger partial charge in [-0.3, -0.25) is 14.9 Å². The van der Waals surface area contributed by atoms with Crippen LogP contribution >= 0.6 is 22.9 Å². The third kappa shape index (κ3) is 2.91. The van der Waals surface area contributed by atoms with Crippen molar-refractivity contribution < 1.29 is 9.72 Å². The molecule has 5 nitrogen and oxygen atoms in total. The van der Waals surface area contributed by atoms with Crippen LogP contribution in [-0.4, -0.2) is 10.8 Å². The molecule has 2 rings (SSSR count). The first-order valence-electron chi connectivity index (χ1n) is 5.29. The SMILES string of the molecule is Cc1c(Cl)cccc1NC(=O)c1ccc([N+](=O)[O-])s1. The second-order valence-corrected chi connectivity index (χ2v) is 5.23. The second kappa shape index (κ2) is 5.38. The van der Waals surface area contributed by atoms with Crippen LogP contribution in [0.3, 0.4) is 0 Å². The number of rotatable bonds is 3. The van der Waals surface area contributed by atoms with Gasteiger partial charge in [-0.1, -0.05) is 29.0 Å². The predicted octanol–water partition coefficient (Wildman–Crippen LogP) is 3.87. The number of nitrogens with zero attached hydrogens (tertiary/aromatic N) is 1. The molecule has 0 saturated carbocycles. The van der Waals surface area contributed by atoms with E-state index in [-0.39, 0.29) is 15.8 Å². The molecule has 2 aromatic rings. The van der Waals surface area contributed by atoms with Crippen molar-refractivity contribution in [2.45, 2.75) is 6.92 Å². The zero-order chi connectivity index (χ0) is 14.0. The summed E-state index contributed by atoms with van der Waals surface area (Å²) >= 11 is 6.79. The van der Waals surface area contributed by atoms with Gasteiger partial charge in [0.15, 0.2) is 0 Å². The zero-order valence-electron chi connectivity index (χ0n) is 9.84. The van der Waals surface area contributed by atoms with Gasteiger partial charge >= 0.3 is 5.00 Å². The normalized spacial score (nSPS) is 10.2. The quantitative estimate of drug-likeness (QED) is 0.690. The van der Waals surface area contributed by atoms with E-state index in [9.17, 15) is 14.9 Å². The molecule has 1 aromatic heterocycles. The average Bonchev–Trinajstić information content (AvgIpc) is 2.84. The molecule has 0 spiro atoms. The smallest absolute Gasteiger partial charge is 0.321 e. The molecule has 1 heterocycles. The fourth-order valence-electron chi connectivity index (χ4n) is 1.47. The maximum absolute atomic E-state index is 11.9. The Kier molecular flexibility index (Phi) is 3.82. The van der Waals surface area contributed by atoms with Gasteiger partial charge in [-0.25, -0.2) is 0 Å². The Labute approximate surface area is 118 Å². The van der Waals surface area contributed by atoms with E-state index in [0.29, 0.717) is 10.7 Å². The number of carbonyl (C=O) groups excluding carboxylic acids is 1. The van der Waals surface area contributed by atoms with E-state index in [1.165, 1.54) is 12.1 Å². The molecule has 0 aliphatic rings. The Bertz CT molecular complexity index is 654. The highest BCUT2D eigenvalue weighted by Crippen LogP contribution is 2.27. The Morgan fingerprint density at radius 1 is 1.37 bits per heavy atom. The van der Waals surface area contributed by atoms with E-state index < -0.39 is 4.92 Å². The van der Waals surface area contributed by atoms with Crippen LogP contribution in [0.1, 0.15) is 15.2 Å². The van der Waals surface area contributed by atoms with Crippen LogP contribution in [0, 0.1) is 17.0 Å². The monoisotopic (exact) mass is 296 g/mol. The maximum atomic E-state index is 11.9. The van der Waals surface area contributed by atoms with Crippen molar-refractivity contribution in [3.8, 4) is 0 Å². The first-order valence-corrected chi connectivity index (χ1v) is 6.49. The molecule has 7 heteroatoms. The van der Waals surface area contributed by atoms with E-state index in [0.717, 1.165) is 16.9 Å². The molecule has 0 unspecified atom stereocenters. The van der Waals surface area contributed by atoms with Crippen molar-refractivity contribution in [1.29, 1.82) is 0 Å². The number of nitrogens with one attached hydrogen (secondary N) is 1. The van der Waals surface area contributed by atoms with Crippen LogP contribution in [0.4, 0.5) is 10.7 Å². The second-order valence-electron chi connectivity index (χ2n) is 3.76. The lowest BCUT2D eigenvalue weighted by molar-refractivity contribution is -0.380. The number of amides is 1. The third-order valence-corrected chi connectivity index (χ3v) is 3.96. The largest absolute Gasteiger partial charge is 0.324 e. The van der Waals surface area contributed by atoms with E-state index in [2.05, 4.69) is 5.32 Å². The van der Waals surface area contributed by atoms with Gasteiger partial charge in [0.25, 0.3) is 5.91 Å². The van der Waals surface area contributed by atoms with Crippen molar-refractivity contribution in [3.05, 3.63) is 55.9 Å². The molecular formula is C12H9ClN2O3S. The summed E-state index contributed by atoms with van der Waals surface area (Å²) in [4.78, 5) is 22.3. The van der Waals surface area contributed by atoms with Gasteiger partial charge in [-0.15, -0.1) is 0 Å². The molecule has 0 saturated heterocycles. The number of carbonyl (C=O) groups is 1. The molecular weight excluding hydrogens is 288 g/mol. The summed E-state index contributed by atoms with van der Waals surface area (Å²) < 4.78 is 0. The van der Waals surface area contributed by atoms with Crippen LogP contribution in [0.25, 0.3) is 0 Å². The summed E-state index contributed by atoms with van der Waals surface area (Å²) in [6, 6.07) is 7.91. The molecule has 1 amide bonds. The number of benzene rings is 1. The van der Waals surface area contributed by atoms with Crippen LogP contribution in [0.5, 0.6) is 0 Å². The van der Waals surface area contributed by atoms with Crippen LogP contribution in [0.2, 0.25) is 5.02 Å². The van der Waals surface area contributed by atoms with Gasteiger partial charge in [0, 0.05) is 16.8 Å². The van der Waals surface area contributed by atoms with Gasteiger partial charge in [0.05, 0.1) is 9.80 Å². The number of halogens is 1. The van der Waals surface area contributed by atoms with Crippen molar-refractivity contribution in [3.63, 3.8) is 0 Å². The minimum absolute atomic E-state index is 0.0621. The summed E-state index contributed by atoms with van der Waals surface area (Å²) in [6.45, 7) is 1.79. The Morgan fingerprint density at radius 2 is 2.11 bits per heavy atom. The topological polar surface area (TPSA) is 72.2 Å². The lowest BCUT2D eigenvalue weighted by Crippen LogP contribution is -2.11. The molecule has 0 aliphatic carbocycles. The summed E-state index contributed by atoms with van der Waals surface area (Å²) in [5.74, 6) is -0.386. The molecule has 1 aromatic carbocycles. The van der Waals surface area contributed by atoms with Crippen molar-refractivity contribution in [2.24, 2.45) is 0 Å². The maximum Gasteiger partial charge on any atom is 0.324 e. The van der Waals surface area contributed by atoms with Crippen molar-refractivity contribution in [2.75, 3.05) is 5.32 Å². The number of hydrogen-bond donors (Lipinski definition) is 1. The number of anilines is 1. The minimum atomic E-state index is -0.522. The fraction of sp³-hybridized carbons (Fsp3) is 0.0833. The highest BCUT2D eigenvalue weighted by Gasteiger charge is 2.16. The summed E-state index contributed by atoms with van der Waals surface area (Å²) in [5, 5.41) is 13.7. The van der Waals surface area contributed by atoms with Gasteiger partial charge < -0.3 is 5.32 Å². The summed E-state index contributed by atoms with van der Waals surface area (Å²) in [7, 11) is 0. The third-order valence-electron chi connectivity index (χ3n) is 2.51. The van der Waals surface area contributed by atoms with E-state index in [1.807, 2.05) is 0 Å². The Morgan fingerprint density at radius 3 is 2.74 bits per heavy atom. The molecule has 0 aliphatic heterocycles.